The number of halogens is 1. The van der Waals surface area contributed by atoms with Gasteiger partial charge in [-0.3, -0.25) is 4.79 Å². The molecule has 20 heavy (non-hydrogen) atoms. The third-order valence-electron chi connectivity index (χ3n) is 3.42. The number of carbonyl (C=O) groups is 1. The van der Waals surface area contributed by atoms with Gasteiger partial charge in [-0.25, -0.2) is 4.98 Å². The second-order valence-corrected chi connectivity index (χ2v) is 6.59. The molecular weight excluding hydrogens is 336 g/mol. The molecule has 0 atom stereocenters. The average Bonchev–Trinajstić information content (AvgIpc) is 2.98. The van der Waals surface area contributed by atoms with E-state index in [1.807, 2.05) is 16.0 Å². The fourth-order valence-corrected chi connectivity index (χ4v) is 3.68. The van der Waals surface area contributed by atoms with Crippen LogP contribution < -0.4 is 0 Å². The van der Waals surface area contributed by atoms with Crippen LogP contribution in [0.2, 0.25) is 0 Å². The average molecular weight is 349 g/mol. The highest BCUT2D eigenvalue weighted by Gasteiger charge is 2.14. The minimum absolute atomic E-state index is 0.101. The number of nitrogens with zero attached hydrogens (tertiary/aromatic N) is 2. The molecule has 0 unspecified atom stereocenters. The lowest BCUT2D eigenvalue weighted by Crippen LogP contribution is -2.08. The Morgan fingerprint density at radius 1 is 1.35 bits per heavy atom. The lowest BCUT2D eigenvalue weighted by molar-refractivity contribution is 0.0976. The molecule has 1 aromatic carbocycles. The van der Waals surface area contributed by atoms with Crippen LogP contribution in [0.1, 0.15) is 20.8 Å². The number of carbonyl (C=O) groups excluding carboxylic acids is 1. The largest absolute Gasteiger partial charge is 0.323 e. The van der Waals surface area contributed by atoms with Gasteiger partial charge in [0.1, 0.15) is 0 Å². The van der Waals surface area contributed by atoms with Gasteiger partial charge in [0.05, 0.1) is 28.8 Å². The molecule has 0 saturated carbocycles. The number of fused-ring (bicyclic) bond motifs is 1. The molecule has 2 aromatic heterocycles. The number of hydrogen-bond acceptors (Lipinski definition) is 3. The highest BCUT2D eigenvalue weighted by molar-refractivity contribution is 9.10. The highest BCUT2D eigenvalue weighted by atomic mass is 79.9. The molecule has 0 N–H and O–H groups in total. The number of ketones is 1. The molecule has 0 amide bonds. The van der Waals surface area contributed by atoms with Crippen LogP contribution in [0.15, 0.2) is 34.4 Å². The summed E-state index contributed by atoms with van der Waals surface area (Å²) in [6.07, 6.45) is 1.74. The number of hydrogen-bond donors (Lipinski definition) is 0. The molecule has 0 aliphatic heterocycles. The van der Waals surface area contributed by atoms with Crippen LogP contribution in [-0.4, -0.2) is 15.3 Å². The van der Waals surface area contributed by atoms with Crippen molar-refractivity contribution in [3.05, 3.63) is 50.4 Å². The van der Waals surface area contributed by atoms with Crippen molar-refractivity contribution >= 4 is 44.1 Å². The molecule has 102 valence electrons. The predicted octanol–water partition coefficient (Wildman–Crippen LogP) is 4.36. The van der Waals surface area contributed by atoms with Crippen molar-refractivity contribution in [2.24, 2.45) is 0 Å². The van der Waals surface area contributed by atoms with Crippen LogP contribution in [0.4, 0.5) is 0 Å². The Morgan fingerprint density at radius 3 is 2.80 bits per heavy atom. The minimum Gasteiger partial charge on any atom is -0.323 e. The highest BCUT2D eigenvalue weighted by Crippen LogP contribution is 2.24. The van der Waals surface area contributed by atoms with Gasteiger partial charge in [-0.15, -0.1) is 11.3 Å². The van der Waals surface area contributed by atoms with E-state index < -0.39 is 0 Å². The fraction of sp³-hybridized carbons (Fsp3) is 0.200. The van der Waals surface area contributed by atoms with Crippen LogP contribution in [0, 0.1) is 13.8 Å². The van der Waals surface area contributed by atoms with Crippen LogP contribution in [0.3, 0.4) is 0 Å². The lowest BCUT2D eigenvalue weighted by Gasteiger charge is -2.05. The first-order valence-corrected chi connectivity index (χ1v) is 7.92. The number of Topliss-reactive ketones (excluding diaryl/α,β-unsaturated/α-hetero) is 1. The normalized spacial score (nSPS) is 11.2. The number of benzene rings is 1. The Labute approximate surface area is 129 Å². The second-order valence-electron chi connectivity index (χ2n) is 4.82. The topological polar surface area (TPSA) is 34.9 Å². The van der Waals surface area contributed by atoms with Gasteiger partial charge in [-0.2, -0.15) is 0 Å². The Morgan fingerprint density at radius 2 is 2.10 bits per heavy atom. The van der Waals surface area contributed by atoms with Crippen molar-refractivity contribution in [1.29, 1.82) is 0 Å². The SMILES string of the molecule is Cc1cc2ncn(CC(=O)c3sccc3Br)c2cc1C. The summed E-state index contributed by atoms with van der Waals surface area (Å²) in [5.41, 5.74) is 4.37. The third-order valence-corrected chi connectivity index (χ3v) is 5.30. The zero-order valence-corrected chi connectivity index (χ0v) is 13.6. The Bertz CT molecular complexity index is 803. The van der Waals surface area contributed by atoms with E-state index in [2.05, 4.69) is 46.9 Å². The molecule has 0 aliphatic carbocycles. The van der Waals surface area contributed by atoms with E-state index >= 15 is 0 Å². The molecule has 0 fully saturated rings. The molecule has 3 nitrogen and oxygen atoms in total. The van der Waals surface area contributed by atoms with Crippen molar-refractivity contribution in [2.45, 2.75) is 20.4 Å². The maximum Gasteiger partial charge on any atom is 0.193 e. The summed E-state index contributed by atoms with van der Waals surface area (Å²) in [4.78, 5) is 17.5. The number of aromatic nitrogens is 2. The lowest BCUT2D eigenvalue weighted by atomic mass is 10.1. The number of imidazole rings is 1. The van der Waals surface area contributed by atoms with Crippen molar-refractivity contribution in [2.75, 3.05) is 0 Å². The summed E-state index contributed by atoms with van der Waals surface area (Å²) in [6, 6.07) is 6.05. The maximum atomic E-state index is 12.3. The van der Waals surface area contributed by atoms with Gasteiger partial charge in [-0.05, 0) is 64.5 Å². The van der Waals surface area contributed by atoms with E-state index in [0.717, 1.165) is 20.4 Å². The molecule has 0 radical (unpaired) electrons. The zero-order valence-electron chi connectivity index (χ0n) is 11.2. The van der Waals surface area contributed by atoms with E-state index in [1.165, 1.54) is 22.5 Å². The van der Waals surface area contributed by atoms with Crippen molar-refractivity contribution in [3.8, 4) is 0 Å². The van der Waals surface area contributed by atoms with Crippen molar-refractivity contribution < 1.29 is 4.79 Å². The molecular formula is C15H13BrN2OS. The van der Waals surface area contributed by atoms with Crippen molar-refractivity contribution in [3.63, 3.8) is 0 Å². The summed E-state index contributed by atoms with van der Waals surface area (Å²) in [7, 11) is 0. The first-order chi connectivity index (χ1) is 9.56. The smallest absolute Gasteiger partial charge is 0.193 e. The summed E-state index contributed by atoms with van der Waals surface area (Å²) in [5, 5.41) is 1.91. The van der Waals surface area contributed by atoms with Crippen molar-refractivity contribution in [1.82, 2.24) is 9.55 Å². The van der Waals surface area contributed by atoms with Crippen LogP contribution in [0.5, 0.6) is 0 Å². The fourth-order valence-electron chi connectivity index (χ4n) is 2.16. The van der Waals surface area contributed by atoms with Gasteiger partial charge in [0, 0.05) is 4.47 Å². The maximum absolute atomic E-state index is 12.3. The summed E-state index contributed by atoms with van der Waals surface area (Å²) in [6.45, 7) is 4.46. The first-order valence-electron chi connectivity index (χ1n) is 6.24. The van der Waals surface area contributed by atoms with Gasteiger partial charge < -0.3 is 4.57 Å². The van der Waals surface area contributed by atoms with Gasteiger partial charge in [0.2, 0.25) is 0 Å². The molecule has 0 spiro atoms. The molecule has 0 saturated heterocycles. The Hall–Kier alpha value is -1.46. The molecule has 5 heteroatoms. The molecule has 2 heterocycles. The second kappa shape index (κ2) is 5.14. The van der Waals surface area contributed by atoms with Gasteiger partial charge in [0.25, 0.3) is 0 Å². The monoisotopic (exact) mass is 348 g/mol. The van der Waals surface area contributed by atoms with Gasteiger partial charge in [0.15, 0.2) is 5.78 Å². The number of aryl methyl sites for hydroxylation is 2. The Balaban J connectivity index is 1.97. The quantitative estimate of drug-likeness (QED) is 0.659. The van der Waals surface area contributed by atoms with E-state index in [0.29, 0.717) is 6.54 Å². The first kappa shape index (κ1) is 13.5. The Kier molecular flexibility index (Phi) is 3.48. The molecule has 3 rings (SSSR count). The summed E-state index contributed by atoms with van der Waals surface area (Å²) >= 11 is 4.87. The van der Waals surface area contributed by atoms with Gasteiger partial charge in [-0.1, -0.05) is 0 Å². The summed E-state index contributed by atoms with van der Waals surface area (Å²) in [5.74, 6) is 0.101. The number of rotatable bonds is 3. The molecule has 3 aromatic rings. The minimum atomic E-state index is 0.101. The molecule has 0 bridgehead atoms. The van der Waals surface area contributed by atoms with E-state index in [9.17, 15) is 4.79 Å². The predicted molar refractivity (Wildman–Crippen MR) is 85.6 cm³/mol. The standard InChI is InChI=1S/C15H13BrN2OS/c1-9-5-12-13(6-10(9)2)18(8-17-12)7-14(19)15-11(16)3-4-20-15/h3-6,8H,7H2,1-2H3. The number of thiophene rings is 1. The third kappa shape index (κ3) is 2.31. The van der Waals surface area contributed by atoms with E-state index in [-0.39, 0.29) is 5.78 Å². The van der Waals surface area contributed by atoms with Gasteiger partial charge >= 0.3 is 0 Å². The summed E-state index contributed by atoms with van der Waals surface area (Å²) < 4.78 is 2.78. The molecule has 0 aliphatic rings. The van der Waals surface area contributed by atoms with E-state index in [4.69, 9.17) is 0 Å². The van der Waals surface area contributed by atoms with Crippen LogP contribution >= 0.6 is 27.3 Å². The van der Waals surface area contributed by atoms with Crippen LogP contribution in [-0.2, 0) is 6.54 Å². The zero-order chi connectivity index (χ0) is 14.3. The van der Waals surface area contributed by atoms with E-state index in [1.54, 1.807) is 6.33 Å². The van der Waals surface area contributed by atoms with Crippen LogP contribution in [0.25, 0.3) is 11.0 Å².